The van der Waals surface area contributed by atoms with Crippen LogP contribution in [0.3, 0.4) is 0 Å². The van der Waals surface area contributed by atoms with Crippen molar-refractivity contribution >= 4 is 51.3 Å². The molecule has 0 aliphatic rings. The summed E-state index contributed by atoms with van der Waals surface area (Å²) in [5, 5.41) is 9.16. The van der Waals surface area contributed by atoms with E-state index in [9.17, 15) is 18.4 Å². The fourth-order valence-corrected chi connectivity index (χ4v) is 4.16. The number of carbonyl (C=O) groups excluding carboxylic acids is 1. The topological polar surface area (TPSA) is 117 Å². The number of nitrogens with zero attached hydrogens (tertiary/aromatic N) is 5. The number of hydrogen-bond acceptors (Lipinski definition) is 9. The highest BCUT2D eigenvalue weighted by Crippen LogP contribution is 2.38. The van der Waals surface area contributed by atoms with Crippen molar-refractivity contribution in [2.45, 2.75) is 0 Å². The number of aryl methyl sites for hydroxylation is 1. The van der Waals surface area contributed by atoms with Gasteiger partial charge in [0.15, 0.2) is 0 Å². The van der Waals surface area contributed by atoms with Crippen molar-refractivity contribution in [2.24, 2.45) is 7.05 Å². The Hall–Kier alpha value is -5.04. The first kappa shape index (κ1) is 29.9. The van der Waals surface area contributed by atoms with Gasteiger partial charge in [0.1, 0.15) is 28.7 Å². The van der Waals surface area contributed by atoms with Crippen LogP contribution < -0.4 is 31.1 Å². The number of hydrogen-bond donors (Lipinski definition) is 3. The van der Waals surface area contributed by atoms with E-state index >= 15 is 0 Å². The summed E-state index contributed by atoms with van der Waals surface area (Å²) in [5.74, 6) is -1.31. The molecule has 0 atom stereocenters. The van der Waals surface area contributed by atoms with Crippen LogP contribution in [-0.4, -0.2) is 66.7 Å². The quantitative estimate of drug-likeness (QED) is 0.225. The minimum atomic E-state index is -0.833. The second-order valence-corrected chi connectivity index (χ2v) is 9.76. The molecule has 0 bridgehead atoms. The number of pyridine rings is 1. The number of carbonyl (C=O) groups is 1. The van der Waals surface area contributed by atoms with Crippen molar-refractivity contribution in [3.05, 3.63) is 77.2 Å². The molecule has 3 N–H and O–H groups in total. The molecule has 4 rings (SSSR count). The second-order valence-electron chi connectivity index (χ2n) is 9.76. The van der Waals surface area contributed by atoms with Gasteiger partial charge in [-0.05, 0) is 44.4 Å². The molecule has 0 radical (unpaired) electrons. The number of nitrogens with one attached hydrogen (secondary N) is 3. The zero-order chi connectivity index (χ0) is 30.6. The third-order valence-corrected chi connectivity index (χ3v) is 6.45. The molecule has 0 saturated carbocycles. The second kappa shape index (κ2) is 12.6. The van der Waals surface area contributed by atoms with Gasteiger partial charge >= 0.3 is 0 Å². The first-order valence-electron chi connectivity index (χ1n) is 12.9. The summed E-state index contributed by atoms with van der Waals surface area (Å²) in [5.41, 5.74) is 1.56. The third-order valence-electron chi connectivity index (χ3n) is 6.45. The number of fused-ring (bicyclic) bond motifs is 1. The van der Waals surface area contributed by atoms with Crippen LogP contribution in [0.2, 0.25) is 0 Å². The van der Waals surface area contributed by atoms with Crippen molar-refractivity contribution in [1.82, 2.24) is 19.4 Å². The molecule has 2 heterocycles. The molecule has 220 valence electrons. The highest BCUT2D eigenvalue weighted by atomic mass is 19.1. The van der Waals surface area contributed by atoms with E-state index in [1.165, 1.54) is 43.1 Å². The van der Waals surface area contributed by atoms with Gasteiger partial charge in [-0.2, -0.15) is 4.98 Å². The van der Waals surface area contributed by atoms with Gasteiger partial charge in [-0.3, -0.25) is 14.2 Å². The smallest absolute Gasteiger partial charge is 0.275 e. The Labute approximate surface area is 241 Å². The maximum atomic E-state index is 14.2. The molecule has 0 saturated heterocycles. The van der Waals surface area contributed by atoms with E-state index in [-0.39, 0.29) is 23.2 Å². The Morgan fingerprint density at radius 2 is 1.81 bits per heavy atom. The minimum absolute atomic E-state index is 0.0469. The molecule has 2 aromatic carbocycles. The maximum Gasteiger partial charge on any atom is 0.275 e. The first-order valence-corrected chi connectivity index (χ1v) is 12.9. The average Bonchev–Trinajstić information content (AvgIpc) is 2.96. The van der Waals surface area contributed by atoms with E-state index in [4.69, 9.17) is 4.74 Å². The number of amides is 1. The lowest BCUT2D eigenvalue weighted by atomic mass is 10.2. The van der Waals surface area contributed by atoms with Crippen LogP contribution in [0.15, 0.2) is 60.0 Å². The van der Waals surface area contributed by atoms with Crippen LogP contribution in [0.5, 0.6) is 5.75 Å². The summed E-state index contributed by atoms with van der Waals surface area (Å²) < 4.78 is 34.4. The summed E-state index contributed by atoms with van der Waals surface area (Å²) in [7, 11) is 8.91. The zero-order valence-corrected chi connectivity index (χ0v) is 24.0. The van der Waals surface area contributed by atoms with Crippen molar-refractivity contribution in [2.75, 3.05) is 62.2 Å². The highest BCUT2D eigenvalue weighted by molar-refractivity contribution is 6.02. The predicted octanol–water partition coefficient (Wildman–Crippen LogP) is 4.22. The Kier molecular flexibility index (Phi) is 9.01. The fourth-order valence-electron chi connectivity index (χ4n) is 4.16. The number of ether oxygens (including phenoxy) is 1. The van der Waals surface area contributed by atoms with Gasteiger partial charge in [-0.15, -0.1) is 0 Å². The lowest BCUT2D eigenvalue weighted by Gasteiger charge is -2.26. The first-order chi connectivity index (χ1) is 20.0. The molecule has 13 heteroatoms. The maximum absolute atomic E-state index is 14.2. The summed E-state index contributed by atoms with van der Waals surface area (Å²) in [6.45, 7) is 5.01. The molecule has 0 spiro atoms. The third kappa shape index (κ3) is 6.63. The molecular formula is C29H32F2N8O3. The summed E-state index contributed by atoms with van der Waals surface area (Å²) in [6, 6.07) is 8.02. The molecule has 0 aliphatic heterocycles. The van der Waals surface area contributed by atoms with E-state index in [0.717, 1.165) is 24.4 Å². The van der Waals surface area contributed by atoms with Crippen LogP contribution in [-0.2, 0) is 11.8 Å². The SMILES string of the molecule is C=CC(=O)Nc1cc(Nc2ncc3cc(Nc4ccc(F)cc4F)c(=O)n(C)c3n2)c(OC)cc1N(C)CCN(C)C. The van der Waals surface area contributed by atoms with E-state index in [1.807, 2.05) is 26.0 Å². The van der Waals surface area contributed by atoms with Gasteiger partial charge in [0.25, 0.3) is 5.56 Å². The van der Waals surface area contributed by atoms with Gasteiger partial charge < -0.3 is 30.5 Å². The Morgan fingerprint density at radius 3 is 2.48 bits per heavy atom. The number of rotatable bonds is 11. The van der Waals surface area contributed by atoms with E-state index in [1.54, 1.807) is 12.1 Å². The molecule has 42 heavy (non-hydrogen) atoms. The summed E-state index contributed by atoms with van der Waals surface area (Å²) in [4.78, 5) is 38.2. The van der Waals surface area contributed by atoms with Crippen LogP contribution in [0.1, 0.15) is 0 Å². The van der Waals surface area contributed by atoms with E-state index in [2.05, 4.69) is 37.4 Å². The number of halogens is 2. The largest absolute Gasteiger partial charge is 0.494 e. The predicted molar refractivity (Wildman–Crippen MR) is 161 cm³/mol. The standard InChI is InChI=1S/C29H32F2N8O3/c1-7-26(40)34-21-14-22(25(42-6)15-24(21)38(4)11-10-37(2)3)35-29-32-16-17-12-23(28(41)39(5)27(17)36-29)33-20-9-8-18(30)13-19(20)31/h7-9,12-16,33H,1,10-11H2,2-6H3,(H,34,40)(H,32,35,36). The number of likely N-dealkylation sites (N-methyl/N-ethyl adjacent to an activating group) is 2. The lowest BCUT2D eigenvalue weighted by molar-refractivity contribution is -0.111. The Morgan fingerprint density at radius 1 is 1.05 bits per heavy atom. The number of benzene rings is 2. The van der Waals surface area contributed by atoms with Crippen molar-refractivity contribution in [3.8, 4) is 5.75 Å². The van der Waals surface area contributed by atoms with Crippen molar-refractivity contribution in [1.29, 1.82) is 0 Å². The molecule has 11 nitrogen and oxygen atoms in total. The van der Waals surface area contributed by atoms with Crippen LogP contribution in [0.4, 0.5) is 43.2 Å². The Bertz CT molecular complexity index is 1710. The highest BCUT2D eigenvalue weighted by Gasteiger charge is 2.17. The van der Waals surface area contributed by atoms with E-state index < -0.39 is 17.2 Å². The number of methoxy groups -OCH3 is 1. The summed E-state index contributed by atoms with van der Waals surface area (Å²) >= 11 is 0. The van der Waals surface area contributed by atoms with Gasteiger partial charge in [0.2, 0.25) is 11.9 Å². The molecular weight excluding hydrogens is 546 g/mol. The minimum Gasteiger partial charge on any atom is -0.494 e. The summed E-state index contributed by atoms with van der Waals surface area (Å²) in [6.07, 6.45) is 2.69. The van der Waals surface area contributed by atoms with Crippen LogP contribution in [0.25, 0.3) is 11.0 Å². The van der Waals surface area contributed by atoms with Gasteiger partial charge in [-0.1, -0.05) is 6.58 Å². The normalized spacial score (nSPS) is 11.0. The molecule has 0 fully saturated rings. The monoisotopic (exact) mass is 578 g/mol. The van der Waals surface area contributed by atoms with Crippen LogP contribution >= 0.6 is 0 Å². The van der Waals surface area contributed by atoms with Gasteiger partial charge in [0.05, 0.1) is 29.9 Å². The lowest BCUT2D eigenvalue weighted by Crippen LogP contribution is -2.29. The van der Waals surface area contributed by atoms with Crippen molar-refractivity contribution in [3.63, 3.8) is 0 Å². The Balaban J connectivity index is 1.70. The molecule has 2 aromatic heterocycles. The number of anilines is 6. The van der Waals surface area contributed by atoms with Crippen molar-refractivity contribution < 1.29 is 18.3 Å². The van der Waals surface area contributed by atoms with Gasteiger partial charge in [0, 0.05) is 50.9 Å². The molecule has 0 aliphatic carbocycles. The zero-order valence-electron chi connectivity index (χ0n) is 24.0. The fraction of sp³-hybridized carbons (Fsp3) is 0.241. The molecule has 4 aromatic rings. The molecule has 0 unspecified atom stereocenters. The average molecular weight is 579 g/mol. The van der Waals surface area contributed by atoms with Gasteiger partial charge in [-0.25, -0.2) is 13.8 Å². The molecule has 1 amide bonds. The number of aromatic nitrogens is 3. The van der Waals surface area contributed by atoms with E-state index in [0.29, 0.717) is 34.7 Å². The van der Waals surface area contributed by atoms with Crippen LogP contribution in [0, 0.1) is 11.6 Å².